The van der Waals surface area contributed by atoms with Crippen molar-refractivity contribution in [1.29, 1.82) is 0 Å². The lowest BCUT2D eigenvalue weighted by Crippen LogP contribution is -2.39. The first-order valence-corrected chi connectivity index (χ1v) is 10.0. The highest BCUT2D eigenvalue weighted by Crippen LogP contribution is 2.24. The van der Waals surface area contributed by atoms with Crippen molar-refractivity contribution in [3.8, 4) is 0 Å². The number of carbonyl (C=O) groups excluding carboxylic acids is 2. The summed E-state index contributed by atoms with van der Waals surface area (Å²) < 4.78 is 0. The summed E-state index contributed by atoms with van der Waals surface area (Å²) in [6.07, 6.45) is 1.97. The molecule has 0 fully saturated rings. The second-order valence-corrected chi connectivity index (χ2v) is 7.43. The van der Waals surface area contributed by atoms with Crippen LogP contribution in [0.5, 0.6) is 0 Å². The Kier molecular flexibility index (Phi) is 7.49. The van der Waals surface area contributed by atoms with E-state index in [0.29, 0.717) is 6.54 Å². The van der Waals surface area contributed by atoms with E-state index in [-0.39, 0.29) is 24.9 Å². The quantitative estimate of drug-likeness (QED) is 0.719. The van der Waals surface area contributed by atoms with Crippen molar-refractivity contribution in [1.82, 2.24) is 9.80 Å². The van der Waals surface area contributed by atoms with Gasteiger partial charge < -0.3 is 10.2 Å². The first-order chi connectivity index (χ1) is 12.0. The van der Waals surface area contributed by atoms with Crippen molar-refractivity contribution >= 4 is 40.6 Å². The van der Waals surface area contributed by atoms with Crippen molar-refractivity contribution in [2.24, 2.45) is 0 Å². The van der Waals surface area contributed by atoms with Gasteiger partial charge in [-0.2, -0.15) is 11.3 Å². The monoisotopic (exact) mass is 377 g/mol. The van der Waals surface area contributed by atoms with Crippen LogP contribution in [0.25, 0.3) is 0 Å². The smallest absolute Gasteiger partial charge is 0.238 e. The molecule has 5 nitrogen and oxygen atoms in total. The number of thiophene rings is 1. The summed E-state index contributed by atoms with van der Waals surface area (Å²) in [7, 11) is 3.55. The van der Waals surface area contributed by atoms with E-state index in [1.165, 1.54) is 0 Å². The number of likely N-dealkylation sites (N-methyl/N-ethyl adjacent to an activating group) is 2. The Bertz CT molecular complexity index is 704. The summed E-state index contributed by atoms with van der Waals surface area (Å²) in [5.74, 6) is -0.136. The second-order valence-electron chi connectivity index (χ2n) is 5.80. The molecule has 2 aromatic rings. The van der Waals surface area contributed by atoms with E-state index < -0.39 is 0 Å². The third-order valence-corrected chi connectivity index (χ3v) is 5.15. The number of para-hydroxylation sites is 1. The number of carbonyl (C=O) groups is 2. The maximum atomic E-state index is 12.3. The molecule has 0 aliphatic rings. The molecular formula is C18H23N3O2S2. The van der Waals surface area contributed by atoms with Crippen LogP contribution in [0.1, 0.15) is 5.56 Å². The standard InChI is InChI=1S/C18H23N3O2S2/c1-20(12-18(23)21(2)10-14-8-9-25-13-14)11-17(22)19-15-6-4-5-7-16(15)24-3/h4-9,13H,10-12H2,1-3H3,(H,19,22). The first-order valence-electron chi connectivity index (χ1n) is 7.86. The average molecular weight is 378 g/mol. The highest BCUT2D eigenvalue weighted by molar-refractivity contribution is 7.98. The highest BCUT2D eigenvalue weighted by atomic mass is 32.2. The summed E-state index contributed by atoms with van der Waals surface area (Å²) in [5.41, 5.74) is 1.92. The van der Waals surface area contributed by atoms with Gasteiger partial charge in [-0.15, -0.1) is 11.8 Å². The van der Waals surface area contributed by atoms with E-state index in [1.54, 1.807) is 47.0 Å². The van der Waals surface area contributed by atoms with Gasteiger partial charge in [0.1, 0.15) is 0 Å². The van der Waals surface area contributed by atoms with Crippen LogP contribution >= 0.6 is 23.1 Å². The number of nitrogens with zero attached hydrogens (tertiary/aromatic N) is 2. The van der Waals surface area contributed by atoms with Gasteiger partial charge in [-0.05, 0) is 47.8 Å². The predicted octanol–water partition coefficient (Wildman–Crippen LogP) is 3.00. The molecule has 1 aromatic carbocycles. The second kappa shape index (κ2) is 9.60. The van der Waals surface area contributed by atoms with Gasteiger partial charge >= 0.3 is 0 Å². The Hall–Kier alpha value is -1.83. The van der Waals surface area contributed by atoms with Crippen molar-refractivity contribution in [3.05, 3.63) is 46.7 Å². The van der Waals surface area contributed by atoms with Gasteiger partial charge in [-0.3, -0.25) is 14.5 Å². The lowest BCUT2D eigenvalue weighted by atomic mass is 10.3. The van der Waals surface area contributed by atoms with Crippen molar-refractivity contribution < 1.29 is 9.59 Å². The number of benzene rings is 1. The maximum absolute atomic E-state index is 12.3. The van der Waals surface area contributed by atoms with Crippen molar-refractivity contribution in [2.75, 3.05) is 38.8 Å². The minimum absolute atomic E-state index is 0.00832. The Labute approximate surface area is 157 Å². The van der Waals surface area contributed by atoms with E-state index in [0.717, 1.165) is 16.1 Å². The molecule has 7 heteroatoms. The minimum Gasteiger partial charge on any atom is -0.340 e. The molecule has 0 saturated heterocycles. The molecule has 0 radical (unpaired) electrons. The van der Waals surface area contributed by atoms with E-state index in [4.69, 9.17) is 0 Å². The molecule has 2 rings (SSSR count). The molecule has 1 aromatic heterocycles. The number of rotatable bonds is 8. The molecule has 1 heterocycles. The van der Waals surface area contributed by atoms with E-state index in [1.807, 2.05) is 47.3 Å². The minimum atomic E-state index is -0.128. The zero-order valence-corrected chi connectivity index (χ0v) is 16.3. The largest absolute Gasteiger partial charge is 0.340 e. The molecule has 1 N–H and O–H groups in total. The topological polar surface area (TPSA) is 52.7 Å². The molecule has 134 valence electrons. The van der Waals surface area contributed by atoms with Crippen LogP contribution < -0.4 is 5.32 Å². The maximum Gasteiger partial charge on any atom is 0.238 e. The molecule has 0 spiro atoms. The van der Waals surface area contributed by atoms with Gasteiger partial charge in [0.2, 0.25) is 11.8 Å². The van der Waals surface area contributed by atoms with Crippen LogP contribution in [-0.4, -0.2) is 55.1 Å². The normalized spacial score (nSPS) is 10.7. The van der Waals surface area contributed by atoms with Gasteiger partial charge in [0.05, 0.1) is 18.8 Å². The summed E-state index contributed by atoms with van der Waals surface area (Å²) in [5, 5.41) is 6.93. The SMILES string of the molecule is CSc1ccccc1NC(=O)CN(C)CC(=O)N(C)Cc1ccsc1. The number of amides is 2. The van der Waals surface area contributed by atoms with Gasteiger partial charge in [0.15, 0.2) is 0 Å². The van der Waals surface area contributed by atoms with Gasteiger partial charge in [0, 0.05) is 18.5 Å². The zero-order valence-electron chi connectivity index (χ0n) is 14.7. The summed E-state index contributed by atoms with van der Waals surface area (Å²) in [6.45, 7) is 0.961. The molecule has 2 amide bonds. The molecule has 0 unspecified atom stereocenters. The number of hydrogen-bond donors (Lipinski definition) is 1. The summed E-state index contributed by atoms with van der Waals surface area (Å²) in [4.78, 5) is 28.9. The Balaban J connectivity index is 1.81. The molecule has 0 aliphatic heterocycles. The van der Waals surface area contributed by atoms with E-state index in [2.05, 4.69) is 5.32 Å². The van der Waals surface area contributed by atoms with Gasteiger partial charge in [0.25, 0.3) is 0 Å². The number of hydrogen-bond acceptors (Lipinski definition) is 5. The molecular weight excluding hydrogens is 354 g/mol. The van der Waals surface area contributed by atoms with Crippen LogP contribution in [0.4, 0.5) is 5.69 Å². The van der Waals surface area contributed by atoms with E-state index >= 15 is 0 Å². The van der Waals surface area contributed by atoms with Gasteiger partial charge in [-0.1, -0.05) is 12.1 Å². The third-order valence-electron chi connectivity index (χ3n) is 3.63. The fourth-order valence-electron chi connectivity index (χ4n) is 2.33. The number of nitrogens with one attached hydrogen (secondary N) is 1. The van der Waals surface area contributed by atoms with Crippen LogP contribution in [0.2, 0.25) is 0 Å². The Morgan fingerprint density at radius 2 is 1.92 bits per heavy atom. The molecule has 25 heavy (non-hydrogen) atoms. The predicted molar refractivity (Wildman–Crippen MR) is 105 cm³/mol. The van der Waals surface area contributed by atoms with Crippen LogP contribution in [-0.2, 0) is 16.1 Å². The molecule has 0 bridgehead atoms. The fraction of sp³-hybridized carbons (Fsp3) is 0.333. The average Bonchev–Trinajstić information content (AvgIpc) is 3.07. The fourth-order valence-corrected chi connectivity index (χ4v) is 3.55. The molecule has 0 aliphatic carbocycles. The summed E-state index contributed by atoms with van der Waals surface area (Å²) >= 11 is 3.20. The lowest BCUT2D eigenvalue weighted by Gasteiger charge is -2.21. The molecule has 0 saturated carbocycles. The Morgan fingerprint density at radius 1 is 1.16 bits per heavy atom. The number of anilines is 1. The van der Waals surface area contributed by atoms with Crippen LogP contribution in [0, 0.1) is 0 Å². The zero-order chi connectivity index (χ0) is 18.2. The van der Waals surface area contributed by atoms with Crippen LogP contribution in [0.3, 0.4) is 0 Å². The lowest BCUT2D eigenvalue weighted by molar-refractivity contribution is -0.131. The van der Waals surface area contributed by atoms with E-state index in [9.17, 15) is 9.59 Å². The third kappa shape index (κ3) is 6.19. The van der Waals surface area contributed by atoms with Crippen molar-refractivity contribution in [3.63, 3.8) is 0 Å². The Morgan fingerprint density at radius 3 is 2.60 bits per heavy atom. The van der Waals surface area contributed by atoms with Crippen LogP contribution in [0.15, 0.2) is 46.0 Å². The highest BCUT2D eigenvalue weighted by Gasteiger charge is 2.15. The van der Waals surface area contributed by atoms with Crippen molar-refractivity contribution in [2.45, 2.75) is 11.4 Å². The molecule has 0 atom stereocenters. The summed E-state index contributed by atoms with van der Waals surface area (Å²) in [6, 6.07) is 9.68. The van der Waals surface area contributed by atoms with Gasteiger partial charge in [-0.25, -0.2) is 0 Å². The first kappa shape index (κ1) is 19.5. The number of thioether (sulfide) groups is 1.